The van der Waals surface area contributed by atoms with E-state index in [0.29, 0.717) is 5.56 Å². The van der Waals surface area contributed by atoms with Crippen LogP contribution in [-0.4, -0.2) is 162 Å². The molecule has 0 aromatic heterocycles. The van der Waals surface area contributed by atoms with Crippen LogP contribution in [0.25, 0.3) is 0 Å². The van der Waals surface area contributed by atoms with Gasteiger partial charge < -0.3 is 74.0 Å². The molecule has 1 saturated heterocycles. The largest absolute Gasteiger partial charge is 0.481 e. The van der Waals surface area contributed by atoms with Gasteiger partial charge in [-0.3, -0.25) is 67.6 Å². The monoisotopic (exact) mass is 1160 g/mol. The minimum absolute atomic E-state index is 0.00127. The van der Waals surface area contributed by atoms with Crippen molar-refractivity contribution < 1.29 is 87.7 Å². The van der Waals surface area contributed by atoms with Crippen LogP contribution < -0.4 is 48.7 Å². The van der Waals surface area contributed by atoms with Crippen LogP contribution in [0.3, 0.4) is 0 Å². The van der Waals surface area contributed by atoms with Crippen molar-refractivity contribution in [2.45, 2.75) is 126 Å². The van der Waals surface area contributed by atoms with Crippen molar-refractivity contribution >= 4 is 88.4 Å². The molecular weight excluding hydrogens is 1090 g/mol. The number of carboxylic acid groups (broad SMARTS) is 4. The highest BCUT2D eigenvalue weighted by molar-refractivity contribution is 6.03. The number of anilines is 1. The number of carbonyl (C=O) groups is 13. The van der Waals surface area contributed by atoms with E-state index in [1.165, 1.54) is 24.3 Å². The first-order valence-corrected chi connectivity index (χ1v) is 25.9. The second kappa shape index (κ2) is 31.1. The van der Waals surface area contributed by atoms with Gasteiger partial charge in [0.15, 0.2) is 0 Å². The summed E-state index contributed by atoms with van der Waals surface area (Å²) < 4.78 is 0. The number of hydrogen-bond donors (Lipinski definition) is 13. The lowest BCUT2D eigenvalue weighted by Gasteiger charge is -2.31. The molecule has 30 nitrogen and oxygen atoms in total. The third-order valence-corrected chi connectivity index (χ3v) is 12.8. The van der Waals surface area contributed by atoms with Crippen LogP contribution in [0.5, 0.6) is 0 Å². The Morgan fingerprint density at radius 3 is 1.64 bits per heavy atom. The average Bonchev–Trinajstić information content (AvgIpc) is 4.05. The Labute approximate surface area is 473 Å². The molecule has 0 radical (unpaired) electrons. The zero-order valence-corrected chi connectivity index (χ0v) is 44.9. The molecule has 1 heterocycles. The predicted octanol–water partition coefficient (Wildman–Crippen LogP) is -1.52. The number of nitrogens with one attached hydrogen (secondary N) is 7. The summed E-state index contributed by atoms with van der Waals surface area (Å²) in [4.78, 5) is 183. The van der Waals surface area contributed by atoms with E-state index in [1.807, 2.05) is 5.32 Å². The average molecular weight is 1160 g/mol. The van der Waals surface area contributed by atoms with Crippen LogP contribution in [0.4, 0.5) is 11.4 Å². The van der Waals surface area contributed by atoms with Gasteiger partial charge in [-0.25, -0.2) is 4.79 Å². The van der Waals surface area contributed by atoms with Crippen molar-refractivity contribution in [1.29, 1.82) is 0 Å². The maximum Gasteiger partial charge on any atom is 0.326 e. The molecule has 446 valence electrons. The lowest BCUT2D eigenvalue weighted by Crippen LogP contribution is -2.60. The maximum absolute atomic E-state index is 14.3. The van der Waals surface area contributed by atoms with E-state index < -0.39 is 175 Å². The molecule has 3 aromatic rings. The summed E-state index contributed by atoms with van der Waals surface area (Å²) in [7, 11) is 0. The number of nitrogen functional groups attached to an aromatic ring is 1. The fourth-order valence-corrected chi connectivity index (χ4v) is 8.73. The molecule has 1 fully saturated rings. The molecule has 1 aliphatic rings. The van der Waals surface area contributed by atoms with Gasteiger partial charge in [0, 0.05) is 43.6 Å². The third-order valence-electron chi connectivity index (χ3n) is 12.8. The summed E-state index contributed by atoms with van der Waals surface area (Å²) in [6.45, 7) is 3.20. The highest BCUT2D eigenvalue weighted by Crippen LogP contribution is 2.21. The Balaban J connectivity index is 1.57. The van der Waals surface area contributed by atoms with Crippen LogP contribution >= 0.6 is 0 Å². The lowest BCUT2D eigenvalue weighted by atomic mass is 10.0. The summed E-state index contributed by atoms with van der Waals surface area (Å²) in [5.74, 6) is -16.7. The number of carboxylic acids is 4. The van der Waals surface area contributed by atoms with Crippen molar-refractivity contribution in [2.24, 2.45) is 11.7 Å². The lowest BCUT2D eigenvalue weighted by molar-refractivity contribution is -0.384. The van der Waals surface area contributed by atoms with Crippen molar-refractivity contribution in [2.75, 3.05) is 12.3 Å². The fraction of sp³-hybridized carbons (Fsp3) is 0.415. The minimum atomic E-state index is -2.07. The van der Waals surface area contributed by atoms with E-state index >= 15 is 0 Å². The summed E-state index contributed by atoms with van der Waals surface area (Å²) >= 11 is 0. The first kappa shape index (κ1) is 65.5. The first-order valence-electron chi connectivity index (χ1n) is 25.9. The molecular formula is C53H65N11O19. The maximum atomic E-state index is 14.3. The molecule has 1 aliphatic heterocycles. The molecule has 9 amide bonds. The van der Waals surface area contributed by atoms with Crippen molar-refractivity contribution in [3.05, 3.63) is 106 Å². The summed E-state index contributed by atoms with van der Waals surface area (Å²) in [5, 5.41) is 65.7. The number of non-ortho nitro benzene ring substituents is 1. The van der Waals surface area contributed by atoms with Crippen LogP contribution in [0, 0.1) is 16.0 Å². The van der Waals surface area contributed by atoms with Gasteiger partial charge in [0.2, 0.25) is 47.3 Å². The minimum Gasteiger partial charge on any atom is -0.481 e. The molecule has 4 rings (SSSR count). The zero-order valence-electron chi connectivity index (χ0n) is 44.9. The van der Waals surface area contributed by atoms with Crippen LogP contribution in [0.1, 0.15) is 86.7 Å². The number of rotatable bonds is 32. The number of nitro groups is 1. The third kappa shape index (κ3) is 20.9. The van der Waals surface area contributed by atoms with Gasteiger partial charge in [-0.05, 0) is 54.9 Å². The number of para-hydroxylation sites is 1. The van der Waals surface area contributed by atoms with Gasteiger partial charge in [0.05, 0.1) is 29.7 Å². The highest BCUT2D eigenvalue weighted by atomic mass is 16.6. The molecule has 30 heteroatoms. The Kier molecular flexibility index (Phi) is 24.5. The zero-order chi connectivity index (χ0) is 61.7. The molecule has 8 atom stereocenters. The number of nitro benzene ring substituents is 1. The van der Waals surface area contributed by atoms with Gasteiger partial charge >= 0.3 is 23.9 Å². The SMILES string of the molecule is CC(C)C[C@H](NC(=O)[C@@H]1CCCN1C(=O)[C@H](CC(N)=O)NC(=O)[C@H](Cc1ccccc1)NC(=O)c1ccccc1N)C(=O)N[C@@H](CC(=O)O)C(=O)N[C@@H](CCC(=O)O)C(=O)N[C@@H](Cc1ccc([N+](=O)[O-])cc1)C(=O)N[C@@H](CC(=O)O)C(=O)O. The van der Waals surface area contributed by atoms with E-state index in [4.69, 9.17) is 11.5 Å². The van der Waals surface area contributed by atoms with Crippen molar-refractivity contribution in [3.8, 4) is 0 Å². The van der Waals surface area contributed by atoms with E-state index in [-0.39, 0.29) is 54.7 Å². The predicted molar refractivity (Wildman–Crippen MR) is 288 cm³/mol. The van der Waals surface area contributed by atoms with Crippen LogP contribution in [0.2, 0.25) is 0 Å². The number of primary amides is 1. The van der Waals surface area contributed by atoms with Crippen LogP contribution in [-0.2, 0) is 70.4 Å². The Morgan fingerprint density at radius 2 is 1.08 bits per heavy atom. The Hall–Kier alpha value is -10.0. The standard InChI is InChI=1S/C53H65N11O19/c1-27(2)21-34(60-51(78)40-13-8-20-63(40)52(79)38(24-41(55)65)61-48(75)35(22-28-9-4-3-5-10-28)57-45(72)31-11-6-7-12-32(31)54)47(74)59-37(25-43(68)69)50(77)56-33(18-19-42(66)67)46(73)58-36(23-29-14-16-30(17-15-29)64(82)83)49(76)62-39(53(80)81)26-44(70)71/h3-7,9-12,14-17,27,33-40H,8,13,18-26,54H2,1-2H3,(H2,55,65)(H,56,77)(H,57,72)(H,58,73)(H,59,74)(H,60,78)(H,61,75)(H,62,76)(H,66,67)(H,68,69)(H,70,71)(H,80,81)/t33-,34-,35-,36-,37-,38-,39-,40-/m0/s1. The topological polar surface area (TPSA) is 485 Å². The first-order chi connectivity index (χ1) is 39.1. The molecule has 15 N–H and O–H groups in total. The number of carbonyl (C=O) groups excluding carboxylic acids is 9. The van der Waals surface area contributed by atoms with Gasteiger partial charge in [0.25, 0.3) is 11.6 Å². The van der Waals surface area contributed by atoms with Gasteiger partial charge in [-0.1, -0.05) is 68.4 Å². The molecule has 3 aromatic carbocycles. The molecule has 83 heavy (non-hydrogen) atoms. The molecule has 0 unspecified atom stereocenters. The summed E-state index contributed by atoms with van der Waals surface area (Å²) in [6.07, 6.45) is -5.23. The van der Waals surface area contributed by atoms with Crippen LogP contribution in [0.15, 0.2) is 78.9 Å². The molecule has 0 spiro atoms. The van der Waals surface area contributed by atoms with Gasteiger partial charge in [-0.2, -0.15) is 0 Å². The van der Waals surface area contributed by atoms with Crippen molar-refractivity contribution in [1.82, 2.24) is 42.1 Å². The smallest absolute Gasteiger partial charge is 0.326 e. The van der Waals surface area contributed by atoms with E-state index in [1.54, 1.807) is 56.3 Å². The summed E-state index contributed by atoms with van der Waals surface area (Å²) in [5.41, 5.74) is 12.1. The number of likely N-dealkylation sites (tertiary alicyclic amines) is 1. The molecule has 0 aliphatic carbocycles. The van der Waals surface area contributed by atoms with Gasteiger partial charge in [0.1, 0.15) is 48.3 Å². The number of nitrogens with zero attached hydrogens (tertiary/aromatic N) is 2. The molecule has 0 saturated carbocycles. The van der Waals surface area contributed by atoms with E-state index in [9.17, 15) is 92.9 Å². The number of benzene rings is 3. The second-order valence-electron chi connectivity index (χ2n) is 19.8. The number of amides is 9. The van der Waals surface area contributed by atoms with Crippen molar-refractivity contribution in [3.63, 3.8) is 0 Å². The molecule has 0 bridgehead atoms. The highest BCUT2D eigenvalue weighted by Gasteiger charge is 2.41. The normalized spacial score (nSPS) is 15.3. The fourth-order valence-electron chi connectivity index (χ4n) is 8.73. The number of aliphatic carboxylic acids is 4. The Bertz CT molecular complexity index is 2920. The van der Waals surface area contributed by atoms with E-state index in [2.05, 4.69) is 31.9 Å². The quantitative estimate of drug-likeness (QED) is 0.0192. The number of hydrogen-bond acceptors (Lipinski definition) is 16. The second-order valence-corrected chi connectivity index (χ2v) is 19.8. The van der Waals surface area contributed by atoms with Gasteiger partial charge in [-0.15, -0.1) is 0 Å². The Morgan fingerprint density at radius 1 is 0.590 bits per heavy atom. The van der Waals surface area contributed by atoms with E-state index in [0.717, 1.165) is 17.0 Å². The summed E-state index contributed by atoms with van der Waals surface area (Å²) in [6, 6.07) is 5.18. The number of nitrogens with two attached hydrogens (primary N) is 2.